The van der Waals surface area contributed by atoms with Crippen molar-refractivity contribution in [3.8, 4) is 0 Å². The Balaban J connectivity index is 1.91. The molecule has 0 saturated carbocycles. The molecule has 0 unspecified atom stereocenters. The average molecular weight is 432 g/mol. The van der Waals surface area contributed by atoms with Crippen LogP contribution >= 0.6 is 0 Å². The first kappa shape index (κ1) is 22.7. The third kappa shape index (κ3) is 6.03. The first-order chi connectivity index (χ1) is 14.7. The monoisotopic (exact) mass is 431 g/mol. The van der Waals surface area contributed by atoms with Crippen molar-refractivity contribution < 1.29 is 8.42 Å². The molecule has 3 nitrogen and oxygen atoms in total. The summed E-state index contributed by atoms with van der Waals surface area (Å²) in [5, 5.41) is 0. The molecular weight excluding hydrogens is 402 g/mol. The third-order valence-corrected chi connectivity index (χ3v) is 6.94. The van der Waals surface area contributed by atoms with Gasteiger partial charge in [0, 0.05) is 5.54 Å². The van der Waals surface area contributed by atoms with E-state index < -0.39 is 15.6 Å². The molecule has 3 aromatic rings. The maximum atomic E-state index is 13.2. The Morgan fingerprint density at radius 2 is 1.19 bits per heavy atom. The Kier molecular flexibility index (Phi) is 6.94. The van der Waals surface area contributed by atoms with E-state index in [1.165, 1.54) is 0 Å². The number of rotatable bonds is 9. The lowest BCUT2D eigenvalue weighted by Gasteiger charge is -2.32. The molecule has 0 spiro atoms. The van der Waals surface area contributed by atoms with Gasteiger partial charge in [-0.2, -0.15) is 0 Å². The van der Waals surface area contributed by atoms with Gasteiger partial charge in [0.2, 0.25) is 10.0 Å². The second-order valence-corrected chi connectivity index (χ2v) is 9.95. The van der Waals surface area contributed by atoms with Crippen LogP contribution < -0.4 is 4.72 Å². The van der Waals surface area contributed by atoms with Crippen LogP contribution in [-0.4, -0.2) is 14.0 Å². The highest BCUT2D eigenvalue weighted by atomic mass is 32.2. The quantitative estimate of drug-likeness (QED) is 0.436. The zero-order valence-corrected chi connectivity index (χ0v) is 19.0. The molecular formula is C27H29NO2S. The molecule has 0 aliphatic carbocycles. The molecule has 0 aromatic heterocycles. The summed E-state index contributed by atoms with van der Waals surface area (Å²) in [6, 6.07) is 26.6. The summed E-state index contributed by atoms with van der Waals surface area (Å²) in [5.41, 5.74) is 3.94. The molecule has 0 atom stereocenters. The molecule has 1 N–H and O–H groups in total. The first-order valence-electron chi connectivity index (χ1n) is 10.3. The Labute approximate surface area is 186 Å². The van der Waals surface area contributed by atoms with Crippen molar-refractivity contribution >= 4 is 21.2 Å². The SMILES string of the molecule is C=C(CC(C)(CC(=C)c1ccccc1)NS(=O)(=O)c1ccc(C)cc1)c1ccccc1. The van der Waals surface area contributed by atoms with Crippen LogP contribution in [-0.2, 0) is 10.0 Å². The molecule has 0 amide bonds. The van der Waals surface area contributed by atoms with Gasteiger partial charge in [-0.05, 0) is 61.1 Å². The number of nitrogens with one attached hydrogen (secondary N) is 1. The highest BCUT2D eigenvalue weighted by molar-refractivity contribution is 7.89. The van der Waals surface area contributed by atoms with E-state index in [1.807, 2.05) is 74.5 Å². The maximum absolute atomic E-state index is 13.2. The van der Waals surface area contributed by atoms with Crippen LogP contribution in [0.5, 0.6) is 0 Å². The minimum atomic E-state index is -3.72. The molecule has 0 aliphatic rings. The van der Waals surface area contributed by atoms with Crippen LogP contribution in [0.2, 0.25) is 0 Å². The fourth-order valence-electron chi connectivity index (χ4n) is 3.73. The molecule has 0 radical (unpaired) electrons. The summed E-state index contributed by atoms with van der Waals surface area (Å²) >= 11 is 0. The third-order valence-electron chi connectivity index (χ3n) is 5.28. The summed E-state index contributed by atoms with van der Waals surface area (Å²) in [6.07, 6.45) is 0.905. The molecule has 31 heavy (non-hydrogen) atoms. The van der Waals surface area contributed by atoms with Crippen LogP contribution in [0.15, 0.2) is 103 Å². The molecule has 0 saturated heterocycles. The van der Waals surface area contributed by atoms with Gasteiger partial charge in [-0.25, -0.2) is 13.1 Å². The van der Waals surface area contributed by atoms with E-state index in [9.17, 15) is 8.42 Å². The molecule has 0 fully saturated rings. The topological polar surface area (TPSA) is 46.2 Å². The molecule has 0 heterocycles. The Hall–Kier alpha value is -2.95. The summed E-state index contributed by atoms with van der Waals surface area (Å²) in [6.45, 7) is 12.3. The lowest BCUT2D eigenvalue weighted by molar-refractivity contribution is 0.433. The van der Waals surface area contributed by atoms with Crippen molar-refractivity contribution in [1.82, 2.24) is 4.72 Å². The van der Waals surface area contributed by atoms with Crippen molar-refractivity contribution in [3.05, 3.63) is 115 Å². The van der Waals surface area contributed by atoms with Crippen molar-refractivity contribution in [2.45, 2.75) is 37.1 Å². The minimum absolute atomic E-state index is 0.250. The van der Waals surface area contributed by atoms with Gasteiger partial charge in [-0.3, -0.25) is 0 Å². The maximum Gasteiger partial charge on any atom is 0.241 e. The van der Waals surface area contributed by atoms with Gasteiger partial charge < -0.3 is 0 Å². The van der Waals surface area contributed by atoms with Gasteiger partial charge >= 0.3 is 0 Å². The van der Waals surface area contributed by atoms with Crippen molar-refractivity contribution in [2.75, 3.05) is 0 Å². The fraction of sp³-hybridized carbons (Fsp3) is 0.185. The van der Waals surface area contributed by atoms with E-state index in [0.717, 1.165) is 27.8 Å². The van der Waals surface area contributed by atoms with Crippen LogP contribution in [0.3, 0.4) is 0 Å². The lowest BCUT2D eigenvalue weighted by atomic mass is 9.84. The van der Waals surface area contributed by atoms with Crippen LogP contribution in [0.1, 0.15) is 36.5 Å². The number of hydrogen-bond donors (Lipinski definition) is 1. The Morgan fingerprint density at radius 3 is 1.61 bits per heavy atom. The van der Waals surface area contributed by atoms with E-state index in [0.29, 0.717) is 12.8 Å². The van der Waals surface area contributed by atoms with E-state index in [1.54, 1.807) is 24.3 Å². The average Bonchev–Trinajstić information content (AvgIpc) is 2.74. The zero-order chi connectivity index (χ0) is 22.5. The van der Waals surface area contributed by atoms with E-state index in [4.69, 9.17) is 0 Å². The smallest absolute Gasteiger partial charge is 0.207 e. The fourth-order valence-corrected chi connectivity index (χ4v) is 5.13. The highest BCUT2D eigenvalue weighted by Crippen LogP contribution is 2.33. The van der Waals surface area contributed by atoms with Crippen LogP contribution in [0, 0.1) is 6.92 Å². The summed E-state index contributed by atoms with van der Waals surface area (Å²) in [5.74, 6) is 0. The van der Waals surface area contributed by atoms with E-state index >= 15 is 0 Å². The molecule has 4 heteroatoms. The molecule has 3 rings (SSSR count). The Bertz CT molecular complexity index is 1100. The van der Waals surface area contributed by atoms with Gasteiger partial charge in [-0.1, -0.05) is 91.5 Å². The van der Waals surface area contributed by atoms with E-state index in [-0.39, 0.29) is 4.90 Å². The molecule has 0 aliphatic heterocycles. The molecule has 3 aromatic carbocycles. The number of aryl methyl sites for hydroxylation is 1. The summed E-state index contributed by atoms with van der Waals surface area (Å²) in [7, 11) is -3.72. The van der Waals surface area contributed by atoms with Gasteiger partial charge in [0.05, 0.1) is 4.90 Å². The van der Waals surface area contributed by atoms with Crippen LogP contribution in [0.4, 0.5) is 0 Å². The van der Waals surface area contributed by atoms with Gasteiger partial charge in [-0.15, -0.1) is 0 Å². The van der Waals surface area contributed by atoms with E-state index in [2.05, 4.69) is 17.9 Å². The predicted molar refractivity (Wildman–Crippen MR) is 130 cm³/mol. The second kappa shape index (κ2) is 9.46. The number of sulfonamides is 1. The largest absolute Gasteiger partial charge is 0.241 e. The van der Waals surface area contributed by atoms with Gasteiger partial charge in [0.25, 0.3) is 0 Å². The zero-order valence-electron chi connectivity index (χ0n) is 18.1. The van der Waals surface area contributed by atoms with Crippen LogP contribution in [0.25, 0.3) is 11.1 Å². The first-order valence-corrected chi connectivity index (χ1v) is 11.7. The highest BCUT2D eigenvalue weighted by Gasteiger charge is 2.32. The standard InChI is InChI=1S/C27H29NO2S/c1-21-15-17-26(18-16-21)31(29,30)28-27(4,19-22(2)24-11-7-5-8-12-24)20-23(3)25-13-9-6-10-14-25/h5-18,28H,2-3,19-20H2,1,4H3. The number of hydrogen-bond acceptors (Lipinski definition) is 2. The minimum Gasteiger partial charge on any atom is -0.207 e. The van der Waals surface area contributed by atoms with Gasteiger partial charge in [0.1, 0.15) is 0 Å². The van der Waals surface area contributed by atoms with Crippen molar-refractivity contribution in [3.63, 3.8) is 0 Å². The Morgan fingerprint density at radius 1 is 0.774 bits per heavy atom. The molecule has 160 valence electrons. The summed E-state index contributed by atoms with van der Waals surface area (Å²) in [4.78, 5) is 0.250. The normalized spacial score (nSPS) is 11.8. The summed E-state index contributed by atoms with van der Waals surface area (Å²) < 4.78 is 29.4. The van der Waals surface area contributed by atoms with Crippen molar-refractivity contribution in [1.29, 1.82) is 0 Å². The number of benzene rings is 3. The molecule has 0 bridgehead atoms. The lowest BCUT2D eigenvalue weighted by Crippen LogP contribution is -2.46. The van der Waals surface area contributed by atoms with Gasteiger partial charge in [0.15, 0.2) is 0 Å². The second-order valence-electron chi connectivity index (χ2n) is 8.27. The van der Waals surface area contributed by atoms with Crippen molar-refractivity contribution in [2.24, 2.45) is 0 Å². The predicted octanol–water partition coefficient (Wildman–Crippen LogP) is 6.24.